The molecule has 3 aromatic heterocycles. The molecule has 0 atom stereocenters. The van der Waals surface area contributed by atoms with Gasteiger partial charge in [-0.3, -0.25) is 0 Å². The minimum absolute atomic E-state index is 0.827. The first-order valence-electron chi connectivity index (χ1n) is 17.5. The molecule has 4 heteroatoms. The zero-order chi connectivity index (χ0) is 34.2. The zero-order valence-corrected chi connectivity index (χ0v) is 27.9. The Morgan fingerprint density at radius 2 is 0.865 bits per heavy atom. The highest BCUT2D eigenvalue weighted by molar-refractivity contribution is 6.19. The minimum atomic E-state index is 0.827. The number of furan rings is 3. The number of anilines is 3. The predicted molar refractivity (Wildman–Crippen MR) is 214 cm³/mol. The Kier molecular flexibility index (Phi) is 6.22. The van der Waals surface area contributed by atoms with Gasteiger partial charge in [-0.15, -0.1) is 0 Å². The molecule has 0 saturated carbocycles. The van der Waals surface area contributed by atoms with E-state index in [-0.39, 0.29) is 0 Å². The molecule has 244 valence electrons. The molecule has 0 aliphatic rings. The second-order valence-corrected chi connectivity index (χ2v) is 13.2. The van der Waals surface area contributed by atoms with E-state index in [1.165, 1.54) is 0 Å². The second kappa shape index (κ2) is 11.2. The van der Waals surface area contributed by atoms with E-state index in [0.29, 0.717) is 0 Å². The summed E-state index contributed by atoms with van der Waals surface area (Å²) < 4.78 is 19.8. The molecule has 0 radical (unpaired) electrons. The van der Waals surface area contributed by atoms with Gasteiger partial charge in [-0.2, -0.15) is 0 Å². The van der Waals surface area contributed by atoms with Crippen molar-refractivity contribution in [2.24, 2.45) is 0 Å². The van der Waals surface area contributed by atoms with Gasteiger partial charge in [0.1, 0.15) is 33.5 Å². The van der Waals surface area contributed by atoms with E-state index in [1.54, 1.807) is 0 Å². The van der Waals surface area contributed by atoms with Crippen LogP contribution in [0.1, 0.15) is 0 Å². The van der Waals surface area contributed by atoms with Crippen molar-refractivity contribution < 1.29 is 13.3 Å². The van der Waals surface area contributed by atoms with Gasteiger partial charge in [-0.1, -0.05) is 115 Å². The average molecular weight is 668 g/mol. The van der Waals surface area contributed by atoms with E-state index in [1.807, 2.05) is 30.3 Å². The van der Waals surface area contributed by atoms with Gasteiger partial charge in [0.25, 0.3) is 0 Å². The van der Waals surface area contributed by atoms with Crippen LogP contribution in [0.15, 0.2) is 189 Å². The lowest BCUT2D eigenvalue weighted by Crippen LogP contribution is -2.09. The third kappa shape index (κ3) is 4.28. The van der Waals surface area contributed by atoms with Gasteiger partial charge in [0.2, 0.25) is 0 Å². The van der Waals surface area contributed by atoms with Crippen LogP contribution in [0.3, 0.4) is 0 Å². The van der Waals surface area contributed by atoms with Crippen LogP contribution < -0.4 is 4.90 Å². The Morgan fingerprint density at radius 3 is 1.63 bits per heavy atom. The normalized spacial score (nSPS) is 11.8. The number of para-hydroxylation sites is 5. The minimum Gasteiger partial charge on any atom is -0.456 e. The monoisotopic (exact) mass is 667 g/mol. The van der Waals surface area contributed by atoms with E-state index < -0.39 is 0 Å². The smallest absolute Gasteiger partial charge is 0.143 e. The highest BCUT2D eigenvalue weighted by Gasteiger charge is 2.22. The summed E-state index contributed by atoms with van der Waals surface area (Å²) in [7, 11) is 0. The van der Waals surface area contributed by atoms with Crippen LogP contribution in [0.5, 0.6) is 0 Å². The van der Waals surface area contributed by atoms with Gasteiger partial charge < -0.3 is 18.2 Å². The van der Waals surface area contributed by atoms with Crippen LogP contribution in [0.2, 0.25) is 0 Å². The predicted octanol–water partition coefficient (Wildman–Crippen LogP) is 14.2. The molecule has 52 heavy (non-hydrogen) atoms. The SMILES string of the molecule is c1ccc(N(c2ccccc2)c2cccc3oc4cc(-c5cccc6c5oc5c(-c7cccc8oc9ccccc9c78)cccc56)ccc4c23)cc1. The molecule has 11 rings (SSSR count). The summed E-state index contributed by atoms with van der Waals surface area (Å²) in [5, 5.41) is 6.48. The quantitative estimate of drug-likeness (QED) is 0.183. The number of hydrogen-bond donors (Lipinski definition) is 0. The lowest BCUT2D eigenvalue weighted by Gasteiger charge is -2.26. The van der Waals surface area contributed by atoms with E-state index >= 15 is 0 Å². The molecular weight excluding hydrogens is 639 g/mol. The number of benzene rings is 8. The Bertz CT molecular complexity index is 3090. The van der Waals surface area contributed by atoms with Crippen LogP contribution >= 0.6 is 0 Å². The van der Waals surface area contributed by atoms with Crippen molar-refractivity contribution in [3.8, 4) is 22.3 Å². The van der Waals surface area contributed by atoms with Crippen molar-refractivity contribution >= 4 is 82.9 Å². The van der Waals surface area contributed by atoms with Crippen molar-refractivity contribution in [1.29, 1.82) is 0 Å². The summed E-state index contributed by atoms with van der Waals surface area (Å²) in [5.74, 6) is 0. The van der Waals surface area contributed by atoms with E-state index in [2.05, 4.69) is 150 Å². The standard InChI is InChI=1S/C48H29NO3/c1-3-13-31(14-4-1)49(32-15-5-2-6-16-32)40-23-12-26-43-46(40)39-28-27-30(29-44(39)51-43)33-18-9-21-36-37-22-10-20-35(48(37)52-47(33)36)34-19-11-25-42-45(34)38-17-7-8-24-41(38)50-42/h1-29H. The summed E-state index contributed by atoms with van der Waals surface area (Å²) in [6, 6.07) is 61.1. The molecule has 0 aliphatic carbocycles. The van der Waals surface area contributed by atoms with Crippen molar-refractivity contribution in [2.75, 3.05) is 4.90 Å². The fourth-order valence-corrected chi connectivity index (χ4v) is 8.00. The lowest BCUT2D eigenvalue weighted by atomic mass is 9.97. The summed E-state index contributed by atoms with van der Waals surface area (Å²) in [6.45, 7) is 0. The molecular formula is C48H29NO3. The van der Waals surface area contributed by atoms with Crippen molar-refractivity contribution in [2.45, 2.75) is 0 Å². The van der Waals surface area contributed by atoms with Gasteiger partial charge in [0.05, 0.1) is 11.1 Å². The maximum absolute atomic E-state index is 6.91. The molecule has 0 aliphatic heterocycles. The van der Waals surface area contributed by atoms with Crippen LogP contribution in [0.4, 0.5) is 17.1 Å². The Balaban J connectivity index is 1.09. The van der Waals surface area contributed by atoms with Crippen molar-refractivity contribution in [3.63, 3.8) is 0 Å². The van der Waals surface area contributed by atoms with Crippen molar-refractivity contribution in [3.05, 3.63) is 176 Å². The summed E-state index contributed by atoms with van der Waals surface area (Å²) >= 11 is 0. The Morgan fingerprint density at radius 1 is 0.327 bits per heavy atom. The number of nitrogens with zero attached hydrogens (tertiary/aromatic N) is 1. The van der Waals surface area contributed by atoms with Gasteiger partial charge in [0.15, 0.2) is 0 Å². The molecule has 0 amide bonds. The maximum atomic E-state index is 6.91. The summed E-state index contributed by atoms with van der Waals surface area (Å²) in [4.78, 5) is 2.30. The van der Waals surface area contributed by atoms with Crippen LogP contribution in [0.25, 0.3) is 88.1 Å². The first-order valence-corrected chi connectivity index (χ1v) is 17.5. The molecule has 0 N–H and O–H groups in total. The fourth-order valence-electron chi connectivity index (χ4n) is 8.00. The summed E-state index contributed by atoms with van der Waals surface area (Å²) in [6.07, 6.45) is 0. The van der Waals surface area contributed by atoms with Crippen molar-refractivity contribution in [1.82, 2.24) is 0 Å². The highest BCUT2D eigenvalue weighted by atomic mass is 16.3. The Hall–Kier alpha value is -7.04. The number of fused-ring (bicyclic) bond motifs is 9. The molecule has 0 saturated heterocycles. The molecule has 0 bridgehead atoms. The van der Waals surface area contributed by atoms with Gasteiger partial charge in [-0.05, 0) is 71.8 Å². The van der Waals surface area contributed by atoms with Gasteiger partial charge in [-0.25, -0.2) is 0 Å². The molecule has 0 unspecified atom stereocenters. The maximum Gasteiger partial charge on any atom is 0.143 e. The first kappa shape index (κ1) is 28.8. The lowest BCUT2D eigenvalue weighted by molar-refractivity contribution is 0.668. The Labute approximate surface area is 298 Å². The van der Waals surface area contributed by atoms with Gasteiger partial charge in [0, 0.05) is 49.4 Å². The van der Waals surface area contributed by atoms with E-state index in [9.17, 15) is 0 Å². The number of hydrogen-bond acceptors (Lipinski definition) is 4. The van der Waals surface area contributed by atoms with E-state index in [4.69, 9.17) is 13.3 Å². The number of rotatable bonds is 5. The summed E-state index contributed by atoms with van der Waals surface area (Å²) in [5.41, 5.74) is 12.5. The largest absolute Gasteiger partial charge is 0.456 e. The molecule has 0 fully saturated rings. The fraction of sp³-hybridized carbons (Fsp3) is 0. The van der Waals surface area contributed by atoms with Crippen LogP contribution in [0, 0.1) is 0 Å². The third-order valence-corrected chi connectivity index (χ3v) is 10.3. The van der Waals surface area contributed by atoms with E-state index in [0.717, 1.165) is 105 Å². The van der Waals surface area contributed by atoms with Gasteiger partial charge >= 0.3 is 0 Å². The molecule has 3 heterocycles. The van der Waals surface area contributed by atoms with Crippen LogP contribution in [-0.2, 0) is 0 Å². The topological polar surface area (TPSA) is 42.7 Å². The van der Waals surface area contributed by atoms with Crippen LogP contribution in [-0.4, -0.2) is 0 Å². The second-order valence-electron chi connectivity index (χ2n) is 13.2. The molecule has 0 spiro atoms. The first-order chi connectivity index (χ1) is 25.8. The average Bonchev–Trinajstić information content (AvgIpc) is 3.90. The molecule has 8 aromatic carbocycles. The zero-order valence-electron chi connectivity index (χ0n) is 27.9. The third-order valence-electron chi connectivity index (χ3n) is 10.3. The molecule has 11 aromatic rings. The molecule has 4 nitrogen and oxygen atoms in total. The highest BCUT2D eigenvalue weighted by Crippen LogP contribution is 2.46.